The Kier molecular flexibility index (Phi) is 5.14. The number of carbonyl (C=O) groups excluding carboxylic acids is 2. The summed E-state index contributed by atoms with van der Waals surface area (Å²) in [6.07, 6.45) is -0.875. The Balaban J connectivity index is 4.51. The van der Waals surface area contributed by atoms with Crippen molar-refractivity contribution in [2.75, 3.05) is 0 Å². The third-order valence-corrected chi connectivity index (χ3v) is 2.19. The summed E-state index contributed by atoms with van der Waals surface area (Å²) < 4.78 is 6.48. The van der Waals surface area contributed by atoms with Gasteiger partial charge in [0.05, 0.1) is 4.75 Å². The maximum absolute atomic E-state index is 10.8. The molecule has 0 radical (unpaired) electrons. The first kappa shape index (κ1) is 12.9. The van der Waals surface area contributed by atoms with Gasteiger partial charge in [0.25, 0.3) is 6.47 Å². The number of ether oxygens (including phenoxy) is 1. The van der Waals surface area contributed by atoms with Crippen molar-refractivity contribution in [3.63, 3.8) is 0 Å². The molecule has 0 spiro atoms. The van der Waals surface area contributed by atoms with Crippen LogP contribution in [-0.4, -0.2) is 23.4 Å². The number of nitrogens with one attached hydrogen (secondary N) is 1. The third-order valence-electron chi connectivity index (χ3n) is 1.43. The molecule has 0 aromatic heterocycles. The van der Waals surface area contributed by atoms with Crippen LogP contribution < -0.4 is 5.32 Å². The summed E-state index contributed by atoms with van der Waals surface area (Å²) in [4.78, 5) is 31.0. The lowest BCUT2D eigenvalue weighted by Crippen LogP contribution is -2.48. The van der Waals surface area contributed by atoms with Gasteiger partial charge in [-0.3, -0.25) is 9.59 Å². The molecule has 7 heteroatoms. The fourth-order valence-electron chi connectivity index (χ4n) is 0.756. The number of nitrogens with zero attached hydrogens (tertiary/aromatic N) is 1. The summed E-state index contributed by atoms with van der Waals surface area (Å²) in [5, 5.41) is 2.39. The standard InChI is InChI=1S/C7H12N2O4S/c1-5(11)8-6(13-4-10)7(2,3)14-9-12/h4,6H,1-3H3,(H,8,11)/t6-/m0/s1. The molecule has 0 aliphatic heterocycles. The van der Waals surface area contributed by atoms with Crippen molar-refractivity contribution in [2.24, 2.45) is 4.58 Å². The van der Waals surface area contributed by atoms with Crippen molar-refractivity contribution < 1.29 is 14.3 Å². The normalized spacial score (nSPS) is 12.8. The van der Waals surface area contributed by atoms with Gasteiger partial charge in [-0.15, -0.1) is 4.91 Å². The Labute approximate surface area is 85.9 Å². The van der Waals surface area contributed by atoms with E-state index in [1.807, 2.05) is 0 Å². The summed E-state index contributed by atoms with van der Waals surface area (Å²) >= 11 is 0.694. The lowest BCUT2D eigenvalue weighted by atomic mass is 10.1. The molecular weight excluding hydrogens is 208 g/mol. The second-order valence-corrected chi connectivity index (χ2v) is 4.47. The van der Waals surface area contributed by atoms with Crippen LogP contribution in [0.4, 0.5) is 0 Å². The molecule has 0 saturated carbocycles. The molecule has 0 aliphatic carbocycles. The minimum Gasteiger partial charge on any atom is -0.442 e. The highest BCUT2D eigenvalue weighted by Crippen LogP contribution is 2.29. The molecule has 1 N–H and O–H groups in total. The molecule has 6 nitrogen and oxygen atoms in total. The van der Waals surface area contributed by atoms with Gasteiger partial charge >= 0.3 is 0 Å². The summed E-state index contributed by atoms with van der Waals surface area (Å²) in [6.45, 7) is 4.76. The zero-order valence-electron chi connectivity index (χ0n) is 8.14. The maximum atomic E-state index is 10.8. The van der Waals surface area contributed by atoms with Gasteiger partial charge in [0, 0.05) is 23.5 Å². The molecule has 0 unspecified atom stereocenters. The minimum atomic E-state index is -0.875. The number of amides is 1. The van der Waals surface area contributed by atoms with Crippen LogP contribution in [0.1, 0.15) is 20.8 Å². The molecule has 0 aromatic rings. The first-order chi connectivity index (χ1) is 6.44. The van der Waals surface area contributed by atoms with E-state index in [-0.39, 0.29) is 12.4 Å². The highest BCUT2D eigenvalue weighted by molar-refractivity contribution is 7.99. The van der Waals surface area contributed by atoms with Crippen LogP contribution in [0, 0.1) is 4.91 Å². The Morgan fingerprint density at radius 2 is 2.21 bits per heavy atom. The van der Waals surface area contributed by atoms with Gasteiger partial charge in [0.15, 0.2) is 6.23 Å². The fourth-order valence-corrected chi connectivity index (χ4v) is 1.16. The van der Waals surface area contributed by atoms with Crippen molar-refractivity contribution in [3.05, 3.63) is 4.91 Å². The molecule has 1 amide bonds. The average Bonchev–Trinajstić information content (AvgIpc) is 2.02. The van der Waals surface area contributed by atoms with Crippen LogP contribution in [0.15, 0.2) is 4.58 Å². The quantitative estimate of drug-likeness (QED) is 0.310. The lowest BCUT2D eigenvalue weighted by Gasteiger charge is -2.28. The first-order valence-corrected chi connectivity index (χ1v) is 4.58. The van der Waals surface area contributed by atoms with Gasteiger partial charge in [-0.05, 0) is 13.8 Å². The highest BCUT2D eigenvalue weighted by Gasteiger charge is 2.33. The van der Waals surface area contributed by atoms with Crippen LogP contribution in [0.3, 0.4) is 0 Å². The summed E-state index contributed by atoms with van der Waals surface area (Å²) in [7, 11) is 0. The summed E-state index contributed by atoms with van der Waals surface area (Å²) in [5.74, 6) is -0.351. The predicted molar refractivity (Wildman–Crippen MR) is 52.2 cm³/mol. The molecule has 14 heavy (non-hydrogen) atoms. The zero-order chi connectivity index (χ0) is 11.2. The Morgan fingerprint density at radius 1 is 1.64 bits per heavy atom. The van der Waals surface area contributed by atoms with Gasteiger partial charge in [0.2, 0.25) is 5.91 Å². The van der Waals surface area contributed by atoms with Gasteiger partial charge < -0.3 is 10.1 Å². The van der Waals surface area contributed by atoms with Crippen molar-refractivity contribution in [1.82, 2.24) is 5.32 Å². The molecule has 0 aromatic carbocycles. The number of carbonyl (C=O) groups is 2. The molecule has 0 fully saturated rings. The Morgan fingerprint density at radius 3 is 2.57 bits per heavy atom. The van der Waals surface area contributed by atoms with E-state index in [1.165, 1.54) is 6.92 Å². The molecule has 0 rings (SSSR count). The SMILES string of the molecule is CC(=O)N[C@@H](OC=O)C(C)(C)SN=O. The number of hydrogen-bond donors (Lipinski definition) is 1. The van der Waals surface area contributed by atoms with Crippen molar-refractivity contribution >= 4 is 24.3 Å². The lowest BCUT2D eigenvalue weighted by molar-refractivity contribution is -0.139. The molecule has 0 aliphatic rings. The first-order valence-electron chi connectivity index (χ1n) is 3.81. The average molecular weight is 220 g/mol. The van der Waals surface area contributed by atoms with Crippen LogP contribution in [0.25, 0.3) is 0 Å². The molecule has 0 saturated heterocycles. The van der Waals surface area contributed by atoms with E-state index >= 15 is 0 Å². The van der Waals surface area contributed by atoms with Crippen molar-refractivity contribution in [1.29, 1.82) is 0 Å². The van der Waals surface area contributed by atoms with Crippen LogP contribution in [0.2, 0.25) is 0 Å². The van der Waals surface area contributed by atoms with Crippen LogP contribution in [0.5, 0.6) is 0 Å². The molecule has 1 atom stereocenters. The predicted octanol–water partition coefficient (Wildman–Crippen LogP) is 0.815. The topological polar surface area (TPSA) is 84.8 Å². The van der Waals surface area contributed by atoms with Crippen molar-refractivity contribution in [3.8, 4) is 0 Å². The smallest absolute Gasteiger partial charge is 0.295 e. The summed E-state index contributed by atoms with van der Waals surface area (Å²) in [6, 6.07) is 0. The van der Waals surface area contributed by atoms with E-state index in [4.69, 9.17) is 0 Å². The minimum absolute atomic E-state index is 0.216. The number of rotatable bonds is 6. The fraction of sp³-hybridized carbons (Fsp3) is 0.714. The van der Waals surface area contributed by atoms with E-state index in [1.54, 1.807) is 13.8 Å². The van der Waals surface area contributed by atoms with Gasteiger partial charge in [-0.25, -0.2) is 0 Å². The largest absolute Gasteiger partial charge is 0.442 e. The molecule has 0 heterocycles. The van der Waals surface area contributed by atoms with E-state index in [0.717, 1.165) is 0 Å². The number of hydrogen-bond acceptors (Lipinski definition) is 6. The molecule has 0 bridgehead atoms. The van der Waals surface area contributed by atoms with E-state index < -0.39 is 11.0 Å². The maximum Gasteiger partial charge on any atom is 0.295 e. The van der Waals surface area contributed by atoms with E-state index in [0.29, 0.717) is 11.9 Å². The second kappa shape index (κ2) is 5.58. The number of nitroso groups, excluding NO2 is 1. The highest BCUT2D eigenvalue weighted by atomic mass is 32.2. The molecule has 80 valence electrons. The summed E-state index contributed by atoms with van der Waals surface area (Å²) in [5.41, 5.74) is 0. The van der Waals surface area contributed by atoms with E-state index in [9.17, 15) is 14.5 Å². The second-order valence-electron chi connectivity index (χ2n) is 3.08. The third kappa shape index (κ3) is 4.22. The van der Waals surface area contributed by atoms with E-state index in [2.05, 4.69) is 14.6 Å². The van der Waals surface area contributed by atoms with Gasteiger partial charge in [-0.2, -0.15) is 0 Å². The Bertz CT molecular complexity index is 232. The van der Waals surface area contributed by atoms with Crippen LogP contribution >= 0.6 is 11.9 Å². The van der Waals surface area contributed by atoms with Crippen LogP contribution in [-0.2, 0) is 14.3 Å². The Hall–Kier alpha value is -1.11. The van der Waals surface area contributed by atoms with Crippen molar-refractivity contribution in [2.45, 2.75) is 31.7 Å². The monoisotopic (exact) mass is 220 g/mol. The van der Waals surface area contributed by atoms with Gasteiger partial charge in [0.1, 0.15) is 0 Å². The van der Waals surface area contributed by atoms with Gasteiger partial charge in [-0.1, -0.05) is 0 Å². The zero-order valence-corrected chi connectivity index (χ0v) is 8.96. The molecular formula is C7H12N2O4S.